The van der Waals surface area contributed by atoms with Gasteiger partial charge in [0.25, 0.3) is 0 Å². The Kier molecular flexibility index (Phi) is 8.26. The van der Waals surface area contributed by atoms with Crippen LogP contribution in [0.5, 0.6) is 0 Å². The lowest BCUT2D eigenvalue weighted by Gasteiger charge is -2.16. The van der Waals surface area contributed by atoms with E-state index in [0.29, 0.717) is 26.4 Å². The topological polar surface area (TPSA) is 50.7 Å². The van der Waals surface area contributed by atoms with E-state index in [1.54, 1.807) is 0 Å². The number of ether oxygens (including phenoxy) is 2. The summed E-state index contributed by atoms with van der Waals surface area (Å²) < 4.78 is 11.8. The summed E-state index contributed by atoms with van der Waals surface area (Å²) in [7, 11) is 0. The van der Waals surface area contributed by atoms with Gasteiger partial charge in [0.15, 0.2) is 0 Å². The molecule has 21 heavy (non-hydrogen) atoms. The van der Waals surface area contributed by atoms with Gasteiger partial charge in [0.05, 0.1) is 37.7 Å². The van der Waals surface area contributed by atoms with Crippen molar-refractivity contribution in [2.45, 2.75) is 39.9 Å². The van der Waals surface area contributed by atoms with Crippen LogP contribution in [0.15, 0.2) is 16.6 Å². The molecule has 1 unspecified atom stereocenters. The molecule has 1 rings (SSSR count). The molecular formula is C16H26BrNO3. The van der Waals surface area contributed by atoms with Crippen molar-refractivity contribution in [1.29, 1.82) is 0 Å². The second kappa shape index (κ2) is 9.41. The normalized spacial score (nSPS) is 12.7. The third-order valence-corrected chi connectivity index (χ3v) is 3.56. The molecule has 0 aliphatic rings. The SMILES string of the molecule is Cc1cc(C)c(NCC(O)COCCOC(C)C)c(Br)c1. The largest absolute Gasteiger partial charge is 0.389 e. The number of anilines is 1. The zero-order chi connectivity index (χ0) is 15.8. The maximum atomic E-state index is 9.91. The van der Waals surface area contributed by atoms with E-state index >= 15 is 0 Å². The monoisotopic (exact) mass is 359 g/mol. The Balaban J connectivity index is 2.29. The molecular weight excluding hydrogens is 334 g/mol. The van der Waals surface area contributed by atoms with Crippen LogP contribution in [0.4, 0.5) is 5.69 Å². The Bertz CT molecular complexity index is 415. The van der Waals surface area contributed by atoms with Gasteiger partial charge in [-0.1, -0.05) is 6.07 Å². The van der Waals surface area contributed by atoms with E-state index in [-0.39, 0.29) is 6.10 Å². The van der Waals surface area contributed by atoms with Gasteiger partial charge < -0.3 is 19.9 Å². The number of hydrogen-bond acceptors (Lipinski definition) is 4. The molecule has 1 aromatic rings. The van der Waals surface area contributed by atoms with E-state index in [1.807, 2.05) is 20.8 Å². The van der Waals surface area contributed by atoms with Crippen LogP contribution in [-0.4, -0.2) is 43.7 Å². The van der Waals surface area contributed by atoms with Gasteiger partial charge >= 0.3 is 0 Å². The average molecular weight is 360 g/mol. The van der Waals surface area contributed by atoms with Crippen LogP contribution in [0.2, 0.25) is 0 Å². The zero-order valence-electron chi connectivity index (χ0n) is 13.3. The second-order valence-electron chi connectivity index (χ2n) is 5.47. The van der Waals surface area contributed by atoms with Gasteiger partial charge in [0.1, 0.15) is 0 Å². The van der Waals surface area contributed by atoms with Crippen molar-refractivity contribution in [3.8, 4) is 0 Å². The van der Waals surface area contributed by atoms with E-state index in [4.69, 9.17) is 9.47 Å². The van der Waals surface area contributed by atoms with Gasteiger partial charge in [-0.3, -0.25) is 0 Å². The molecule has 0 bridgehead atoms. The van der Waals surface area contributed by atoms with Crippen LogP contribution < -0.4 is 5.32 Å². The van der Waals surface area contributed by atoms with Crippen molar-refractivity contribution in [2.24, 2.45) is 0 Å². The van der Waals surface area contributed by atoms with Crippen LogP contribution in [0, 0.1) is 13.8 Å². The highest BCUT2D eigenvalue weighted by Crippen LogP contribution is 2.27. The third-order valence-electron chi connectivity index (χ3n) is 2.94. The van der Waals surface area contributed by atoms with Gasteiger partial charge in [0, 0.05) is 11.0 Å². The Labute approximate surface area is 136 Å². The van der Waals surface area contributed by atoms with Gasteiger partial charge in [0.2, 0.25) is 0 Å². The van der Waals surface area contributed by atoms with Crippen molar-refractivity contribution >= 4 is 21.6 Å². The summed E-state index contributed by atoms with van der Waals surface area (Å²) in [6.07, 6.45) is -0.335. The van der Waals surface area contributed by atoms with Crippen molar-refractivity contribution in [3.63, 3.8) is 0 Å². The van der Waals surface area contributed by atoms with Crippen LogP contribution >= 0.6 is 15.9 Å². The van der Waals surface area contributed by atoms with E-state index in [2.05, 4.69) is 40.3 Å². The molecule has 1 aromatic carbocycles. The maximum absolute atomic E-state index is 9.91. The fourth-order valence-corrected chi connectivity index (χ4v) is 2.79. The van der Waals surface area contributed by atoms with Gasteiger partial charge in [-0.25, -0.2) is 0 Å². The first kappa shape index (κ1) is 18.4. The molecule has 1 atom stereocenters. The van der Waals surface area contributed by atoms with Crippen molar-refractivity contribution in [1.82, 2.24) is 0 Å². The number of aliphatic hydroxyl groups is 1. The number of rotatable bonds is 9. The van der Waals surface area contributed by atoms with Crippen LogP contribution in [0.3, 0.4) is 0 Å². The summed E-state index contributed by atoms with van der Waals surface area (Å²) in [4.78, 5) is 0. The highest BCUT2D eigenvalue weighted by atomic mass is 79.9. The molecule has 120 valence electrons. The van der Waals surface area contributed by atoms with E-state index in [1.165, 1.54) is 5.56 Å². The molecule has 4 nitrogen and oxygen atoms in total. The minimum Gasteiger partial charge on any atom is -0.389 e. The number of benzene rings is 1. The summed E-state index contributed by atoms with van der Waals surface area (Å²) in [6, 6.07) is 4.17. The quantitative estimate of drug-likeness (QED) is 0.664. The predicted molar refractivity (Wildman–Crippen MR) is 90.0 cm³/mol. The number of hydrogen-bond donors (Lipinski definition) is 2. The molecule has 0 fully saturated rings. The average Bonchev–Trinajstić information content (AvgIpc) is 2.36. The number of aryl methyl sites for hydroxylation is 2. The summed E-state index contributed by atoms with van der Waals surface area (Å²) in [5.41, 5.74) is 3.38. The molecule has 0 saturated carbocycles. The fourth-order valence-electron chi connectivity index (χ4n) is 1.98. The molecule has 2 N–H and O–H groups in total. The van der Waals surface area contributed by atoms with Gasteiger partial charge in [-0.2, -0.15) is 0 Å². The summed E-state index contributed by atoms with van der Waals surface area (Å²) >= 11 is 3.54. The molecule has 0 heterocycles. The molecule has 0 aliphatic heterocycles. The zero-order valence-corrected chi connectivity index (χ0v) is 14.9. The lowest BCUT2D eigenvalue weighted by Crippen LogP contribution is -2.26. The number of aliphatic hydroxyl groups excluding tert-OH is 1. The molecule has 0 spiro atoms. The first-order chi connectivity index (χ1) is 9.90. The summed E-state index contributed by atoms with van der Waals surface area (Å²) in [6.45, 7) is 9.89. The standard InChI is InChI=1S/C16H26BrNO3/c1-11(2)21-6-5-20-10-14(19)9-18-16-13(4)7-12(3)8-15(16)17/h7-8,11,14,18-19H,5-6,9-10H2,1-4H3. The first-order valence-electron chi connectivity index (χ1n) is 7.28. The van der Waals surface area contributed by atoms with Crippen molar-refractivity contribution in [2.75, 3.05) is 31.7 Å². The maximum Gasteiger partial charge on any atom is 0.0945 e. The van der Waals surface area contributed by atoms with Crippen molar-refractivity contribution < 1.29 is 14.6 Å². The Morgan fingerprint density at radius 2 is 1.95 bits per heavy atom. The fraction of sp³-hybridized carbons (Fsp3) is 0.625. The molecule has 0 aliphatic carbocycles. The second-order valence-corrected chi connectivity index (χ2v) is 6.32. The highest BCUT2D eigenvalue weighted by Gasteiger charge is 2.08. The lowest BCUT2D eigenvalue weighted by molar-refractivity contribution is -0.00734. The summed E-state index contributed by atoms with van der Waals surface area (Å²) in [5.74, 6) is 0. The van der Waals surface area contributed by atoms with Gasteiger partial charge in [-0.05, 0) is 60.8 Å². The third kappa shape index (κ3) is 7.27. The molecule has 5 heteroatoms. The van der Waals surface area contributed by atoms with E-state index in [9.17, 15) is 5.11 Å². The molecule has 0 saturated heterocycles. The predicted octanol–water partition coefficient (Wildman–Crippen LogP) is 3.28. The van der Waals surface area contributed by atoms with E-state index in [0.717, 1.165) is 15.7 Å². The van der Waals surface area contributed by atoms with Crippen LogP contribution in [0.1, 0.15) is 25.0 Å². The van der Waals surface area contributed by atoms with E-state index < -0.39 is 6.10 Å². The lowest BCUT2D eigenvalue weighted by atomic mass is 10.1. The first-order valence-corrected chi connectivity index (χ1v) is 8.07. The Hall–Kier alpha value is -0.620. The minimum atomic E-state index is -0.545. The van der Waals surface area contributed by atoms with Crippen LogP contribution in [0.25, 0.3) is 0 Å². The minimum absolute atomic E-state index is 0.210. The molecule has 0 amide bonds. The summed E-state index contributed by atoms with van der Waals surface area (Å²) in [5, 5.41) is 13.2. The van der Waals surface area contributed by atoms with Gasteiger partial charge in [-0.15, -0.1) is 0 Å². The Morgan fingerprint density at radius 1 is 1.24 bits per heavy atom. The smallest absolute Gasteiger partial charge is 0.0945 e. The highest BCUT2D eigenvalue weighted by molar-refractivity contribution is 9.10. The number of halogens is 1. The number of nitrogens with one attached hydrogen (secondary N) is 1. The van der Waals surface area contributed by atoms with Crippen molar-refractivity contribution in [3.05, 3.63) is 27.7 Å². The Morgan fingerprint density at radius 3 is 2.57 bits per heavy atom. The molecule has 0 radical (unpaired) electrons. The molecule has 0 aromatic heterocycles. The van der Waals surface area contributed by atoms with Crippen LogP contribution in [-0.2, 0) is 9.47 Å².